The Morgan fingerprint density at radius 1 is 1.00 bits per heavy atom. The fourth-order valence-corrected chi connectivity index (χ4v) is 1.84. The molecule has 0 aromatic heterocycles. The topological polar surface area (TPSA) is 96.3 Å². The molecule has 0 radical (unpaired) electrons. The van der Waals surface area contributed by atoms with Gasteiger partial charge in [0.15, 0.2) is 0 Å². The summed E-state index contributed by atoms with van der Waals surface area (Å²) in [6, 6.07) is 0. The molecule has 0 aliphatic carbocycles. The standard InChI is InChI=1S/C13H32N4O/c1-4-13(5-2,11-18)17-8-6-7-16-12(3,9-14)10-15/h16-18H,4-11,14-15H2,1-3H3. The number of hydrogen-bond donors (Lipinski definition) is 5. The van der Waals surface area contributed by atoms with E-state index in [1.807, 2.05) is 6.92 Å². The maximum Gasteiger partial charge on any atom is 0.0613 e. The maximum atomic E-state index is 9.43. The largest absolute Gasteiger partial charge is 0.394 e. The first-order valence-corrected chi connectivity index (χ1v) is 7.02. The first kappa shape index (κ1) is 17.8. The number of aliphatic hydroxyl groups excluding tert-OH is 1. The first-order chi connectivity index (χ1) is 8.51. The second kappa shape index (κ2) is 8.82. The number of nitrogens with two attached hydrogens (primary N) is 2. The van der Waals surface area contributed by atoms with Crippen molar-refractivity contribution >= 4 is 0 Å². The van der Waals surface area contributed by atoms with Crippen LogP contribution in [0.4, 0.5) is 0 Å². The van der Waals surface area contributed by atoms with Crippen molar-refractivity contribution in [3.63, 3.8) is 0 Å². The average molecular weight is 260 g/mol. The van der Waals surface area contributed by atoms with Gasteiger partial charge in [-0.1, -0.05) is 13.8 Å². The molecule has 0 spiro atoms. The molecule has 0 rings (SSSR count). The van der Waals surface area contributed by atoms with Crippen LogP contribution in [0.5, 0.6) is 0 Å². The number of aliphatic hydroxyl groups is 1. The van der Waals surface area contributed by atoms with Crippen molar-refractivity contribution in [2.75, 3.05) is 32.8 Å². The second-order valence-electron chi connectivity index (χ2n) is 5.32. The lowest BCUT2D eigenvalue weighted by atomic mass is 9.94. The van der Waals surface area contributed by atoms with E-state index in [2.05, 4.69) is 24.5 Å². The highest BCUT2D eigenvalue weighted by molar-refractivity contribution is 4.86. The molecule has 5 heteroatoms. The summed E-state index contributed by atoms with van der Waals surface area (Å²) < 4.78 is 0. The number of nitrogens with one attached hydrogen (secondary N) is 2. The third-order valence-corrected chi connectivity index (χ3v) is 3.96. The van der Waals surface area contributed by atoms with Gasteiger partial charge < -0.3 is 27.2 Å². The minimum atomic E-state index is -0.163. The van der Waals surface area contributed by atoms with E-state index in [9.17, 15) is 5.11 Å². The summed E-state index contributed by atoms with van der Waals surface area (Å²) in [7, 11) is 0. The molecule has 18 heavy (non-hydrogen) atoms. The zero-order valence-corrected chi connectivity index (χ0v) is 12.3. The van der Waals surface area contributed by atoms with Gasteiger partial charge in [0.05, 0.1) is 6.61 Å². The average Bonchev–Trinajstić information content (AvgIpc) is 2.43. The van der Waals surface area contributed by atoms with Crippen molar-refractivity contribution in [3.8, 4) is 0 Å². The predicted octanol–water partition coefficient (Wildman–Crippen LogP) is -0.217. The summed E-state index contributed by atoms with van der Waals surface area (Å²) in [4.78, 5) is 0. The summed E-state index contributed by atoms with van der Waals surface area (Å²) >= 11 is 0. The van der Waals surface area contributed by atoms with Crippen LogP contribution in [0, 0.1) is 0 Å². The van der Waals surface area contributed by atoms with E-state index in [1.165, 1.54) is 0 Å². The summed E-state index contributed by atoms with van der Waals surface area (Å²) in [5.41, 5.74) is 11.1. The highest BCUT2D eigenvalue weighted by atomic mass is 16.3. The summed E-state index contributed by atoms with van der Waals surface area (Å²) in [5, 5.41) is 16.3. The number of hydrogen-bond acceptors (Lipinski definition) is 5. The normalized spacial score (nSPS) is 13.0. The van der Waals surface area contributed by atoms with Crippen LogP contribution in [-0.4, -0.2) is 49.0 Å². The van der Waals surface area contributed by atoms with Crippen LogP contribution in [0.25, 0.3) is 0 Å². The molecule has 0 aliphatic rings. The van der Waals surface area contributed by atoms with E-state index in [0.29, 0.717) is 13.1 Å². The highest BCUT2D eigenvalue weighted by Crippen LogP contribution is 2.13. The Morgan fingerprint density at radius 2 is 1.50 bits per heavy atom. The Bertz CT molecular complexity index is 195. The van der Waals surface area contributed by atoms with E-state index in [1.54, 1.807) is 0 Å². The Balaban J connectivity index is 3.86. The fraction of sp³-hybridized carbons (Fsp3) is 1.00. The summed E-state index contributed by atoms with van der Waals surface area (Å²) in [6.45, 7) is 9.29. The van der Waals surface area contributed by atoms with Crippen LogP contribution in [0.2, 0.25) is 0 Å². The van der Waals surface area contributed by atoms with Crippen molar-refractivity contribution in [1.29, 1.82) is 0 Å². The van der Waals surface area contributed by atoms with Crippen molar-refractivity contribution in [1.82, 2.24) is 10.6 Å². The molecule has 7 N–H and O–H groups in total. The van der Waals surface area contributed by atoms with Crippen molar-refractivity contribution in [2.45, 2.75) is 51.1 Å². The van der Waals surface area contributed by atoms with Crippen LogP contribution < -0.4 is 22.1 Å². The van der Waals surface area contributed by atoms with Crippen LogP contribution >= 0.6 is 0 Å². The van der Waals surface area contributed by atoms with Crippen LogP contribution in [0.15, 0.2) is 0 Å². The molecule has 0 aromatic rings. The molecule has 0 saturated heterocycles. The maximum absolute atomic E-state index is 9.43. The highest BCUT2D eigenvalue weighted by Gasteiger charge is 2.24. The van der Waals surface area contributed by atoms with Gasteiger partial charge in [0.1, 0.15) is 0 Å². The van der Waals surface area contributed by atoms with Gasteiger partial charge in [0.25, 0.3) is 0 Å². The van der Waals surface area contributed by atoms with Crippen molar-refractivity contribution < 1.29 is 5.11 Å². The minimum absolute atomic E-state index is 0.120. The Morgan fingerprint density at radius 3 is 1.89 bits per heavy atom. The molecule has 0 aromatic carbocycles. The lowest BCUT2D eigenvalue weighted by Crippen LogP contribution is -2.55. The first-order valence-electron chi connectivity index (χ1n) is 7.02. The van der Waals surface area contributed by atoms with Gasteiger partial charge in [0, 0.05) is 24.2 Å². The van der Waals surface area contributed by atoms with Crippen LogP contribution in [0.1, 0.15) is 40.0 Å². The molecular weight excluding hydrogens is 228 g/mol. The molecule has 5 nitrogen and oxygen atoms in total. The quantitative estimate of drug-likeness (QED) is 0.331. The zero-order chi connectivity index (χ0) is 14.1. The van der Waals surface area contributed by atoms with E-state index in [0.717, 1.165) is 32.4 Å². The van der Waals surface area contributed by atoms with E-state index >= 15 is 0 Å². The van der Waals surface area contributed by atoms with E-state index in [4.69, 9.17) is 11.5 Å². The second-order valence-corrected chi connectivity index (χ2v) is 5.32. The van der Waals surface area contributed by atoms with Crippen molar-refractivity contribution in [3.05, 3.63) is 0 Å². The van der Waals surface area contributed by atoms with E-state index in [-0.39, 0.29) is 17.7 Å². The van der Waals surface area contributed by atoms with Gasteiger partial charge in [0.2, 0.25) is 0 Å². The molecule has 0 amide bonds. The number of rotatable bonds is 11. The van der Waals surface area contributed by atoms with Crippen LogP contribution in [-0.2, 0) is 0 Å². The molecule has 0 saturated carbocycles. The predicted molar refractivity (Wildman–Crippen MR) is 77.5 cm³/mol. The van der Waals surface area contributed by atoms with Gasteiger partial charge in [-0.2, -0.15) is 0 Å². The third kappa shape index (κ3) is 5.63. The van der Waals surface area contributed by atoms with Gasteiger partial charge in [-0.25, -0.2) is 0 Å². The van der Waals surface area contributed by atoms with Gasteiger partial charge in [-0.3, -0.25) is 0 Å². The molecular formula is C13H32N4O. The fourth-order valence-electron chi connectivity index (χ4n) is 1.84. The lowest BCUT2D eigenvalue weighted by Gasteiger charge is -2.32. The molecule has 0 bridgehead atoms. The Labute approximate surface area is 112 Å². The van der Waals surface area contributed by atoms with Crippen LogP contribution in [0.3, 0.4) is 0 Å². The minimum Gasteiger partial charge on any atom is -0.394 e. The smallest absolute Gasteiger partial charge is 0.0613 e. The van der Waals surface area contributed by atoms with Gasteiger partial charge in [-0.15, -0.1) is 0 Å². The Hall–Kier alpha value is -0.200. The molecule has 0 atom stereocenters. The summed E-state index contributed by atoms with van der Waals surface area (Å²) in [5.74, 6) is 0. The van der Waals surface area contributed by atoms with Gasteiger partial charge >= 0.3 is 0 Å². The van der Waals surface area contributed by atoms with Gasteiger partial charge in [-0.05, 0) is 39.3 Å². The third-order valence-electron chi connectivity index (χ3n) is 3.96. The molecule has 0 fully saturated rings. The molecule has 0 heterocycles. The lowest BCUT2D eigenvalue weighted by molar-refractivity contribution is 0.150. The van der Waals surface area contributed by atoms with Crippen molar-refractivity contribution in [2.24, 2.45) is 11.5 Å². The molecule has 0 aliphatic heterocycles. The van der Waals surface area contributed by atoms with E-state index < -0.39 is 0 Å². The zero-order valence-electron chi connectivity index (χ0n) is 12.3. The Kier molecular flexibility index (Phi) is 8.73. The molecule has 0 unspecified atom stereocenters. The summed E-state index contributed by atoms with van der Waals surface area (Å²) in [6.07, 6.45) is 2.88. The SMILES string of the molecule is CCC(CC)(CO)NCCCNC(C)(CN)CN. The monoisotopic (exact) mass is 260 g/mol. The molecule has 110 valence electrons.